The summed E-state index contributed by atoms with van der Waals surface area (Å²) in [5, 5.41) is 0. The van der Waals surface area contributed by atoms with Crippen LogP contribution in [-0.2, 0) is 19.9 Å². The highest BCUT2D eigenvalue weighted by molar-refractivity contribution is 7.92. The Morgan fingerprint density at radius 2 is 1.85 bits per heavy atom. The minimum absolute atomic E-state index is 0.109. The smallest absolute Gasteiger partial charge is 0.261 e. The van der Waals surface area contributed by atoms with Gasteiger partial charge in [0.2, 0.25) is 0 Å². The van der Waals surface area contributed by atoms with Crippen molar-refractivity contribution in [3.05, 3.63) is 48.2 Å². The summed E-state index contributed by atoms with van der Waals surface area (Å²) in [5.41, 5.74) is 1.33. The van der Waals surface area contributed by atoms with Gasteiger partial charge < -0.3 is 4.90 Å². The third-order valence-corrected chi connectivity index (χ3v) is 7.60. The maximum Gasteiger partial charge on any atom is 0.261 e. The zero-order valence-corrected chi connectivity index (χ0v) is 16.2. The molecule has 2 aromatic rings. The van der Waals surface area contributed by atoms with Gasteiger partial charge in [0.25, 0.3) is 10.0 Å². The molecule has 1 unspecified atom stereocenters. The van der Waals surface area contributed by atoms with E-state index in [2.05, 4.69) is 9.71 Å². The number of sulfonamides is 1. The number of rotatable bonds is 5. The predicted molar refractivity (Wildman–Crippen MR) is 102 cm³/mol. The third kappa shape index (κ3) is 4.16. The van der Waals surface area contributed by atoms with Gasteiger partial charge in [-0.05, 0) is 37.6 Å². The molecule has 1 aliphatic rings. The lowest BCUT2D eigenvalue weighted by Crippen LogP contribution is -2.33. The van der Waals surface area contributed by atoms with E-state index in [0.717, 1.165) is 5.56 Å². The maximum absolute atomic E-state index is 12.4. The number of hydrogen-bond acceptors (Lipinski definition) is 6. The Morgan fingerprint density at radius 3 is 2.38 bits per heavy atom. The number of pyridine rings is 1. The largest absolute Gasteiger partial charge is 0.356 e. The first kappa shape index (κ1) is 18.7. The van der Waals surface area contributed by atoms with Crippen LogP contribution in [0.2, 0.25) is 0 Å². The van der Waals surface area contributed by atoms with Gasteiger partial charge >= 0.3 is 0 Å². The van der Waals surface area contributed by atoms with Crippen LogP contribution in [0.3, 0.4) is 0 Å². The molecule has 9 heteroatoms. The molecule has 0 saturated carbocycles. The lowest BCUT2D eigenvalue weighted by molar-refractivity contribution is 0.599. The van der Waals surface area contributed by atoms with Crippen molar-refractivity contribution in [1.29, 1.82) is 0 Å². The number of nitrogens with one attached hydrogen (secondary N) is 1. The van der Waals surface area contributed by atoms with Crippen molar-refractivity contribution in [2.75, 3.05) is 28.2 Å². The number of benzene rings is 1. The highest BCUT2D eigenvalue weighted by Crippen LogP contribution is 2.23. The average molecular weight is 396 g/mol. The van der Waals surface area contributed by atoms with Crippen molar-refractivity contribution < 1.29 is 16.8 Å². The lowest BCUT2D eigenvalue weighted by atomic mass is 10.2. The number of aryl methyl sites for hydroxylation is 1. The summed E-state index contributed by atoms with van der Waals surface area (Å²) in [5.74, 6) is 0.911. The van der Waals surface area contributed by atoms with Crippen molar-refractivity contribution in [2.24, 2.45) is 0 Å². The SMILES string of the molecule is Cc1ccc(S(=O)(=O)Nc2ccc(N(C)C3CCS(=O)(=O)C3)nc2)cc1. The molecule has 7 nitrogen and oxygen atoms in total. The summed E-state index contributed by atoms with van der Waals surface area (Å²) in [4.78, 5) is 6.27. The van der Waals surface area contributed by atoms with Crippen LogP contribution < -0.4 is 9.62 Å². The van der Waals surface area contributed by atoms with Crippen LogP contribution in [0, 0.1) is 6.92 Å². The van der Waals surface area contributed by atoms with E-state index in [9.17, 15) is 16.8 Å². The van der Waals surface area contributed by atoms with Crippen molar-refractivity contribution in [1.82, 2.24) is 4.98 Å². The molecule has 0 bridgehead atoms. The van der Waals surface area contributed by atoms with Crippen LogP contribution >= 0.6 is 0 Å². The van der Waals surface area contributed by atoms with Gasteiger partial charge in [0.1, 0.15) is 5.82 Å². The standard InChI is InChI=1S/C17H21N3O4S2/c1-13-3-6-16(7-4-13)26(23,24)19-14-5-8-17(18-11-14)20(2)15-9-10-25(21,22)12-15/h3-8,11,15,19H,9-10,12H2,1-2H3. The molecular formula is C17H21N3O4S2. The van der Waals surface area contributed by atoms with Crippen LogP contribution in [0.15, 0.2) is 47.5 Å². The van der Waals surface area contributed by atoms with Crippen LogP contribution in [-0.4, -0.2) is 46.4 Å². The molecule has 140 valence electrons. The highest BCUT2D eigenvalue weighted by atomic mass is 32.2. The molecule has 1 aliphatic heterocycles. The van der Waals surface area contributed by atoms with Crippen LogP contribution in [0.5, 0.6) is 0 Å². The van der Waals surface area contributed by atoms with Gasteiger partial charge in [0, 0.05) is 13.1 Å². The van der Waals surface area contributed by atoms with Crippen LogP contribution in [0.1, 0.15) is 12.0 Å². The van der Waals surface area contributed by atoms with Crippen molar-refractivity contribution in [2.45, 2.75) is 24.3 Å². The summed E-state index contributed by atoms with van der Waals surface area (Å²) >= 11 is 0. The molecule has 1 aromatic carbocycles. The number of aromatic nitrogens is 1. The predicted octanol–water partition coefficient (Wildman–Crippen LogP) is 1.81. The van der Waals surface area contributed by atoms with Gasteiger partial charge in [-0.3, -0.25) is 4.72 Å². The van der Waals surface area contributed by atoms with E-state index in [1.165, 1.54) is 6.20 Å². The van der Waals surface area contributed by atoms with Gasteiger partial charge in [0.05, 0.1) is 28.3 Å². The van der Waals surface area contributed by atoms with E-state index in [0.29, 0.717) is 17.9 Å². The molecular weight excluding hydrogens is 374 g/mol. The molecule has 3 rings (SSSR count). The minimum Gasteiger partial charge on any atom is -0.356 e. The van der Waals surface area contributed by atoms with Gasteiger partial charge in [-0.1, -0.05) is 17.7 Å². The molecule has 0 radical (unpaired) electrons. The molecule has 26 heavy (non-hydrogen) atoms. The number of anilines is 2. The Bertz CT molecular complexity index is 985. The summed E-state index contributed by atoms with van der Waals surface area (Å²) < 4.78 is 50.5. The van der Waals surface area contributed by atoms with E-state index in [-0.39, 0.29) is 22.4 Å². The van der Waals surface area contributed by atoms with Crippen LogP contribution in [0.4, 0.5) is 11.5 Å². The van der Waals surface area contributed by atoms with E-state index in [1.807, 2.05) is 11.8 Å². The zero-order chi connectivity index (χ0) is 18.9. The van der Waals surface area contributed by atoms with E-state index >= 15 is 0 Å². The molecule has 2 heterocycles. The van der Waals surface area contributed by atoms with Gasteiger partial charge in [0.15, 0.2) is 9.84 Å². The van der Waals surface area contributed by atoms with E-state index < -0.39 is 19.9 Å². The van der Waals surface area contributed by atoms with Gasteiger partial charge in [-0.2, -0.15) is 0 Å². The zero-order valence-electron chi connectivity index (χ0n) is 14.6. The van der Waals surface area contributed by atoms with E-state index in [4.69, 9.17) is 0 Å². The number of sulfone groups is 1. The summed E-state index contributed by atoms with van der Waals surface area (Å²) in [7, 11) is -4.86. The first-order valence-corrected chi connectivity index (χ1v) is 11.5. The first-order valence-electron chi connectivity index (χ1n) is 8.15. The lowest BCUT2D eigenvalue weighted by Gasteiger charge is -2.24. The molecule has 0 aliphatic carbocycles. The van der Waals surface area contributed by atoms with Crippen LogP contribution in [0.25, 0.3) is 0 Å². The van der Waals surface area contributed by atoms with Crippen molar-refractivity contribution in [3.8, 4) is 0 Å². The van der Waals surface area contributed by atoms with Gasteiger partial charge in [-0.15, -0.1) is 0 Å². The Hall–Kier alpha value is -2.13. The molecule has 0 spiro atoms. The van der Waals surface area contributed by atoms with Gasteiger partial charge in [-0.25, -0.2) is 21.8 Å². The topological polar surface area (TPSA) is 96.4 Å². The number of hydrogen-bond donors (Lipinski definition) is 1. The summed E-state index contributed by atoms with van der Waals surface area (Å²) in [6.07, 6.45) is 2.00. The molecule has 1 aromatic heterocycles. The quantitative estimate of drug-likeness (QED) is 0.829. The second-order valence-electron chi connectivity index (χ2n) is 6.49. The first-order chi connectivity index (χ1) is 12.2. The normalized spacial score (nSPS) is 19.2. The molecule has 1 N–H and O–H groups in total. The molecule has 1 saturated heterocycles. The Labute approximate surface area is 154 Å². The fourth-order valence-electron chi connectivity index (χ4n) is 2.85. The fourth-order valence-corrected chi connectivity index (χ4v) is 5.67. The Morgan fingerprint density at radius 1 is 1.15 bits per heavy atom. The average Bonchev–Trinajstić information content (AvgIpc) is 2.95. The third-order valence-electron chi connectivity index (χ3n) is 4.45. The molecule has 0 amide bonds. The summed E-state index contributed by atoms with van der Waals surface area (Å²) in [6, 6.07) is 9.76. The molecule has 1 atom stereocenters. The monoisotopic (exact) mass is 395 g/mol. The van der Waals surface area contributed by atoms with Crippen molar-refractivity contribution in [3.63, 3.8) is 0 Å². The minimum atomic E-state index is -3.68. The maximum atomic E-state index is 12.4. The second-order valence-corrected chi connectivity index (χ2v) is 10.4. The fraction of sp³-hybridized carbons (Fsp3) is 0.353. The number of nitrogens with zero attached hydrogens (tertiary/aromatic N) is 2. The summed E-state index contributed by atoms with van der Waals surface area (Å²) in [6.45, 7) is 1.89. The second kappa shape index (κ2) is 6.88. The van der Waals surface area contributed by atoms with E-state index in [1.54, 1.807) is 43.4 Å². The Balaban J connectivity index is 1.72. The van der Waals surface area contributed by atoms with Crippen molar-refractivity contribution >= 4 is 31.4 Å². The molecule has 1 fully saturated rings. The Kier molecular flexibility index (Phi) is 4.94. The highest BCUT2D eigenvalue weighted by Gasteiger charge is 2.31.